The van der Waals surface area contributed by atoms with Crippen molar-refractivity contribution in [2.24, 2.45) is 0 Å². The van der Waals surface area contributed by atoms with Crippen LogP contribution < -0.4 is 4.90 Å². The Kier molecular flexibility index (Phi) is 5.44. The van der Waals surface area contributed by atoms with Crippen LogP contribution in [-0.4, -0.2) is 20.8 Å². The van der Waals surface area contributed by atoms with Gasteiger partial charge >= 0.3 is 0 Å². The van der Waals surface area contributed by atoms with Crippen molar-refractivity contribution in [3.63, 3.8) is 0 Å². The third kappa shape index (κ3) is 4.31. The number of rotatable bonds is 6. The second-order valence-electron chi connectivity index (χ2n) is 6.51. The van der Waals surface area contributed by atoms with Gasteiger partial charge in [-0.3, -0.25) is 24.8 Å². The van der Waals surface area contributed by atoms with E-state index in [-0.39, 0.29) is 30.4 Å². The molecule has 0 N–H and O–H groups in total. The van der Waals surface area contributed by atoms with Gasteiger partial charge in [-0.2, -0.15) is 0 Å². The topological polar surface area (TPSA) is 89.2 Å². The standard InChI is InChI=1S/C21H15FN4O3S/c22-15-6-4-14(5-7-15)11-20(27)25(13-16-3-1-2-10-23-16)21-24-18-9-8-17(26(28)29)12-19(18)30-21/h1-10,12H,11,13H2. The van der Waals surface area contributed by atoms with Crippen molar-refractivity contribution < 1.29 is 14.1 Å². The van der Waals surface area contributed by atoms with Crippen molar-refractivity contribution in [1.29, 1.82) is 0 Å². The first kappa shape index (κ1) is 19.6. The number of hydrogen-bond acceptors (Lipinski definition) is 6. The zero-order valence-electron chi connectivity index (χ0n) is 15.6. The fourth-order valence-electron chi connectivity index (χ4n) is 2.92. The molecule has 4 aromatic rings. The number of amides is 1. The van der Waals surface area contributed by atoms with Gasteiger partial charge in [0, 0.05) is 18.3 Å². The van der Waals surface area contributed by atoms with Crippen LogP contribution >= 0.6 is 11.3 Å². The number of carbonyl (C=O) groups is 1. The predicted octanol–water partition coefficient (Wildman–Crippen LogP) is 4.51. The van der Waals surface area contributed by atoms with Crippen LogP contribution in [0.2, 0.25) is 0 Å². The maximum Gasteiger partial charge on any atom is 0.270 e. The lowest BCUT2D eigenvalue weighted by Crippen LogP contribution is -2.32. The molecule has 7 nitrogen and oxygen atoms in total. The average molecular weight is 422 g/mol. The quantitative estimate of drug-likeness (QED) is 0.337. The number of anilines is 1. The molecule has 2 heterocycles. The summed E-state index contributed by atoms with van der Waals surface area (Å²) in [6.07, 6.45) is 1.70. The highest BCUT2D eigenvalue weighted by molar-refractivity contribution is 7.22. The molecule has 0 aliphatic carbocycles. The first-order valence-electron chi connectivity index (χ1n) is 8.99. The first-order valence-corrected chi connectivity index (χ1v) is 9.81. The number of aromatic nitrogens is 2. The lowest BCUT2D eigenvalue weighted by molar-refractivity contribution is -0.384. The zero-order valence-corrected chi connectivity index (χ0v) is 16.4. The van der Waals surface area contributed by atoms with E-state index in [2.05, 4.69) is 9.97 Å². The van der Waals surface area contributed by atoms with E-state index in [4.69, 9.17) is 0 Å². The minimum absolute atomic E-state index is 0.0355. The lowest BCUT2D eigenvalue weighted by Gasteiger charge is -2.19. The van der Waals surface area contributed by atoms with Gasteiger partial charge < -0.3 is 0 Å². The molecule has 0 aliphatic rings. The minimum atomic E-state index is -0.468. The predicted molar refractivity (Wildman–Crippen MR) is 112 cm³/mol. The molecular weight excluding hydrogens is 407 g/mol. The molecule has 2 aromatic carbocycles. The van der Waals surface area contributed by atoms with Gasteiger partial charge in [-0.05, 0) is 35.9 Å². The average Bonchev–Trinajstić information content (AvgIpc) is 3.17. The Balaban J connectivity index is 1.69. The van der Waals surface area contributed by atoms with Gasteiger partial charge in [0.25, 0.3) is 5.69 Å². The smallest absolute Gasteiger partial charge is 0.270 e. The Morgan fingerprint density at radius 2 is 1.93 bits per heavy atom. The highest BCUT2D eigenvalue weighted by Gasteiger charge is 2.22. The second kappa shape index (κ2) is 8.34. The van der Waals surface area contributed by atoms with Gasteiger partial charge in [-0.15, -0.1) is 0 Å². The van der Waals surface area contributed by atoms with Crippen LogP contribution in [-0.2, 0) is 17.8 Å². The molecule has 150 valence electrons. The molecule has 9 heteroatoms. The second-order valence-corrected chi connectivity index (χ2v) is 7.52. The number of thiazole rings is 1. The third-order valence-corrected chi connectivity index (χ3v) is 5.46. The van der Waals surface area contributed by atoms with E-state index in [1.165, 1.54) is 40.5 Å². The van der Waals surface area contributed by atoms with E-state index >= 15 is 0 Å². The molecule has 0 spiro atoms. The van der Waals surface area contributed by atoms with Gasteiger partial charge in [-0.25, -0.2) is 9.37 Å². The van der Waals surface area contributed by atoms with E-state index in [9.17, 15) is 19.3 Å². The Morgan fingerprint density at radius 3 is 2.63 bits per heavy atom. The molecule has 30 heavy (non-hydrogen) atoms. The van der Waals surface area contributed by atoms with Crippen molar-refractivity contribution in [1.82, 2.24) is 9.97 Å². The maximum atomic E-state index is 13.2. The monoisotopic (exact) mass is 422 g/mol. The Hall–Kier alpha value is -3.72. The highest BCUT2D eigenvalue weighted by Crippen LogP contribution is 2.32. The molecule has 0 saturated carbocycles. The zero-order chi connectivity index (χ0) is 21.1. The molecule has 0 atom stereocenters. The molecule has 0 unspecified atom stereocenters. The number of carbonyl (C=O) groups excluding carboxylic acids is 1. The summed E-state index contributed by atoms with van der Waals surface area (Å²) in [6.45, 7) is 0.197. The molecule has 4 rings (SSSR count). The fourth-order valence-corrected chi connectivity index (χ4v) is 3.93. The van der Waals surface area contributed by atoms with Crippen molar-refractivity contribution in [2.75, 3.05) is 4.90 Å². The van der Waals surface area contributed by atoms with Gasteiger partial charge in [0.15, 0.2) is 5.13 Å². The first-order chi connectivity index (χ1) is 14.5. The number of nitro benzene ring substituents is 1. The molecular formula is C21H15FN4O3S. The van der Waals surface area contributed by atoms with Crippen LogP contribution in [0.3, 0.4) is 0 Å². The van der Waals surface area contributed by atoms with Gasteiger partial charge in [0.05, 0.1) is 33.8 Å². The summed E-state index contributed by atoms with van der Waals surface area (Å²) in [5, 5.41) is 11.5. The number of halogens is 1. The van der Waals surface area contributed by atoms with Crippen molar-refractivity contribution in [3.8, 4) is 0 Å². The van der Waals surface area contributed by atoms with E-state index in [0.29, 0.717) is 26.6 Å². The van der Waals surface area contributed by atoms with E-state index in [1.807, 2.05) is 6.07 Å². The molecule has 0 saturated heterocycles. The van der Waals surface area contributed by atoms with Crippen LogP contribution in [0.1, 0.15) is 11.3 Å². The number of nitrogens with zero attached hydrogens (tertiary/aromatic N) is 4. The Bertz CT molecular complexity index is 1210. The van der Waals surface area contributed by atoms with Crippen molar-refractivity contribution in [3.05, 3.63) is 94.0 Å². The lowest BCUT2D eigenvalue weighted by atomic mass is 10.1. The minimum Gasteiger partial charge on any atom is -0.282 e. The number of non-ortho nitro benzene ring substituents is 1. The number of pyridine rings is 1. The summed E-state index contributed by atoms with van der Waals surface area (Å²) in [5.41, 5.74) is 1.88. The molecule has 2 aromatic heterocycles. The molecule has 1 amide bonds. The molecule has 0 aliphatic heterocycles. The van der Waals surface area contributed by atoms with Crippen LogP contribution in [0.4, 0.5) is 15.2 Å². The maximum absolute atomic E-state index is 13.2. The summed E-state index contributed by atoms with van der Waals surface area (Å²) in [4.78, 5) is 34.0. The van der Waals surface area contributed by atoms with Crippen molar-refractivity contribution >= 4 is 38.3 Å². The summed E-state index contributed by atoms with van der Waals surface area (Å²) < 4.78 is 13.8. The SMILES string of the molecule is O=C(Cc1ccc(F)cc1)N(Cc1ccccn1)c1nc2ccc([N+](=O)[O-])cc2s1. The molecule has 0 bridgehead atoms. The Labute approximate surface area is 174 Å². The summed E-state index contributed by atoms with van der Waals surface area (Å²) in [7, 11) is 0. The van der Waals surface area contributed by atoms with E-state index in [0.717, 1.165) is 0 Å². The van der Waals surface area contributed by atoms with Crippen LogP contribution in [0.5, 0.6) is 0 Å². The third-order valence-electron chi connectivity index (χ3n) is 4.42. The number of fused-ring (bicyclic) bond motifs is 1. The molecule has 0 radical (unpaired) electrons. The molecule has 0 fully saturated rings. The Morgan fingerprint density at radius 1 is 1.13 bits per heavy atom. The van der Waals surface area contributed by atoms with Gasteiger partial charge in [0.1, 0.15) is 5.82 Å². The van der Waals surface area contributed by atoms with Crippen LogP contribution in [0.15, 0.2) is 66.9 Å². The van der Waals surface area contributed by atoms with Crippen LogP contribution in [0.25, 0.3) is 10.2 Å². The van der Waals surface area contributed by atoms with Crippen molar-refractivity contribution in [2.45, 2.75) is 13.0 Å². The van der Waals surface area contributed by atoms with Gasteiger partial charge in [0.2, 0.25) is 5.91 Å². The normalized spacial score (nSPS) is 10.8. The number of benzene rings is 2. The van der Waals surface area contributed by atoms with Crippen LogP contribution in [0, 0.1) is 15.9 Å². The highest BCUT2D eigenvalue weighted by atomic mass is 32.1. The fraction of sp³-hybridized carbons (Fsp3) is 0.0952. The summed E-state index contributed by atoms with van der Waals surface area (Å²) >= 11 is 1.20. The largest absolute Gasteiger partial charge is 0.282 e. The van der Waals surface area contributed by atoms with E-state index in [1.54, 1.807) is 36.5 Å². The van der Waals surface area contributed by atoms with Gasteiger partial charge in [-0.1, -0.05) is 29.5 Å². The summed E-state index contributed by atoms with van der Waals surface area (Å²) in [6, 6.07) is 15.5. The van der Waals surface area contributed by atoms with E-state index < -0.39 is 4.92 Å². The number of nitro groups is 1. The summed E-state index contributed by atoms with van der Waals surface area (Å²) in [5.74, 6) is -0.606. The number of hydrogen-bond donors (Lipinski definition) is 0.